The third kappa shape index (κ3) is 6.26. The Labute approximate surface area is 184 Å². The number of anilines is 1. The third-order valence-corrected chi connectivity index (χ3v) is 4.60. The monoisotopic (exact) mass is 443 g/mol. The van der Waals surface area contributed by atoms with Crippen molar-refractivity contribution >= 4 is 11.7 Å². The van der Waals surface area contributed by atoms with Crippen LogP contribution in [0.3, 0.4) is 0 Å². The summed E-state index contributed by atoms with van der Waals surface area (Å²) >= 11 is 0. The van der Waals surface area contributed by atoms with Gasteiger partial charge in [-0.3, -0.25) is 9.78 Å². The van der Waals surface area contributed by atoms with E-state index in [1.165, 1.54) is 36.5 Å². The van der Waals surface area contributed by atoms with E-state index < -0.39 is 17.8 Å². The number of rotatable bonds is 9. The molecule has 0 saturated carbocycles. The Bertz CT molecular complexity index is 1060. The summed E-state index contributed by atoms with van der Waals surface area (Å²) in [6.45, 7) is 3.92. The van der Waals surface area contributed by atoms with Crippen molar-refractivity contribution in [2.75, 3.05) is 11.9 Å². The van der Waals surface area contributed by atoms with E-state index in [1.807, 2.05) is 13.8 Å². The molecule has 0 spiro atoms. The van der Waals surface area contributed by atoms with Crippen molar-refractivity contribution in [1.82, 2.24) is 20.5 Å². The fraction of sp³-hybridized carbons (Fsp3) is 0.304. The first-order valence-corrected chi connectivity index (χ1v) is 10.3. The largest absolute Gasteiger partial charge is 0.368 e. The first-order chi connectivity index (χ1) is 15.3. The van der Waals surface area contributed by atoms with Gasteiger partial charge in [-0.1, -0.05) is 0 Å². The number of amides is 1. The van der Waals surface area contributed by atoms with Crippen LogP contribution in [0.5, 0.6) is 0 Å². The van der Waals surface area contributed by atoms with Crippen LogP contribution in [0.1, 0.15) is 36.3 Å². The molecule has 2 aromatic heterocycles. The van der Waals surface area contributed by atoms with E-state index in [0.717, 1.165) is 0 Å². The number of nitrogens with one attached hydrogen (secondary N) is 2. The Hall–Kier alpha value is -3.49. The molecule has 0 radical (unpaired) electrons. The number of hydrogen-bond acceptors (Lipinski definition) is 5. The van der Waals surface area contributed by atoms with Crippen LogP contribution in [0, 0.1) is 11.6 Å². The summed E-state index contributed by atoms with van der Waals surface area (Å²) in [5, 5.41) is 13.7. The molecule has 0 aliphatic carbocycles. The van der Waals surface area contributed by atoms with Gasteiger partial charge in [-0.15, -0.1) is 10.2 Å². The highest BCUT2D eigenvalue weighted by Crippen LogP contribution is 2.23. The lowest BCUT2D eigenvalue weighted by Crippen LogP contribution is -2.30. The molecule has 2 heterocycles. The highest BCUT2D eigenvalue weighted by atomic mass is 19.1. The van der Waals surface area contributed by atoms with E-state index in [1.54, 1.807) is 12.1 Å². The van der Waals surface area contributed by atoms with E-state index in [2.05, 4.69) is 25.8 Å². The molecule has 0 aliphatic heterocycles. The van der Waals surface area contributed by atoms with Crippen LogP contribution in [0.15, 0.2) is 48.7 Å². The summed E-state index contributed by atoms with van der Waals surface area (Å²) in [6.07, 6.45) is 0.170. The predicted octanol–water partition coefficient (Wildman–Crippen LogP) is 4.34. The molecular formula is C23H24F3N5O. The van der Waals surface area contributed by atoms with E-state index in [9.17, 15) is 18.0 Å². The van der Waals surface area contributed by atoms with Crippen molar-refractivity contribution in [1.29, 1.82) is 0 Å². The maximum absolute atomic E-state index is 14.3. The molecule has 0 unspecified atom stereocenters. The topological polar surface area (TPSA) is 79.8 Å². The van der Waals surface area contributed by atoms with Crippen molar-refractivity contribution < 1.29 is 18.0 Å². The van der Waals surface area contributed by atoms with Gasteiger partial charge < -0.3 is 10.6 Å². The van der Waals surface area contributed by atoms with Crippen molar-refractivity contribution in [2.45, 2.75) is 38.9 Å². The van der Waals surface area contributed by atoms with Gasteiger partial charge in [0.25, 0.3) is 5.91 Å². The van der Waals surface area contributed by atoms with Crippen LogP contribution in [0.4, 0.5) is 19.0 Å². The molecular weight excluding hydrogens is 419 g/mol. The normalized spacial score (nSPS) is 11.9. The molecule has 6 nitrogen and oxygen atoms in total. The Kier molecular flexibility index (Phi) is 7.75. The number of benzene rings is 1. The van der Waals surface area contributed by atoms with Gasteiger partial charge in [-0.2, -0.15) is 0 Å². The quantitative estimate of drug-likeness (QED) is 0.514. The van der Waals surface area contributed by atoms with Gasteiger partial charge in [0.15, 0.2) is 0 Å². The molecule has 1 aromatic carbocycles. The average molecular weight is 443 g/mol. The van der Waals surface area contributed by atoms with Crippen LogP contribution in [0.2, 0.25) is 0 Å². The summed E-state index contributed by atoms with van der Waals surface area (Å²) in [5.74, 6) is -0.969. The summed E-state index contributed by atoms with van der Waals surface area (Å²) in [4.78, 5) is 16.0. The van der Waals surface area contributed by atoms with Crippen LogP contribution in [-0.4, -0.2) is 39.8 Å². The molecule has 0 fully saturated rings. The van der Waals surface area contributed by atoms with Crippen molar-refractivity contribution in [3.05, 3.63) is 71.6 Å². The van der Waals surface area contributed by atoms with Gasteiger partial charge in [0.2, 0.25) is 0 Å². The molecule has 2 N–H and O–H groups in total. The molecule has 168 valence electrons. The number of hydrogen-bond donors (Lipinski definition) is 2. The molecule has 3 aromatic rings. The number of nitrogens with zero attached hydrogens (tertiary/aromatic N) is 3. The SMILES string of the molecule is CC(C)NC(=O)c1ccc(F)c(-c2ccc(NCC[C@H](F)Cc3ncccc3F)nn2)c1. The Morgan fingerprint density at radius 3 is 2.56 bits per heavy atom. The molecule has 32 heavy (non-hydrogen) atoms. The van der Waals surface area contributed by atoms with Gasteiger partial charge in [0, 0.05) is 36.3 Å². The van der Waals surface area contributed by atoms with Crippen LogP contribution in [-0.2, 0) is 6.42 Å². The maximum atomic E-state index is 14.3. The minimum atomic E-state index is -1.27. The first kappa shape index (κ1) is 23.2. The highest BCUT2D eigenvalue weighted by molar-refractivity contribution is 5.95. The number of alkyl halides is 1. The second-order valence-corrected chi connectivity index (χ2v) is 7.58. The summed E-state index contributed by atoms with van der Waals surface area (Å²) in [6, 6.07) is 9.86. The first-order valence-electron chi connectivity index (χ1n) is 10.3. The van der Waals surface area contributed by atoms with E-state index in [0.29, 0.717) is 11.4 Å². The zero-order valence-electron chi connectivity index (χ0n) is 17.8. The number of carbonyl (C=O) groups is 1. The smallest absolute Gasteiger partial charge is 0.251 e. The minimum absolute atomic E-state index is 0.0481. The van der Waals surface area contributed by atoms with Crippen molar-refractivity contribution in [2.24, 2.45) is 0 Å². The van der Waals surface area contributed by atoms with Gasteiger partial charge in [-0.05, 0) is 62.7 Å². The van der Waals surface area contributed by atoms with Gasteiger partial charge in [-0.25, -0.2) is 13.2 Å². The lowest BCUT2D eigenvalue weighted by Gasteiger charge is -2.11. The predicted molar refractivity (Wildman–Crippen MR) is 116 cm³/mol. The lowest BCUT2D eigenvalue weighted by atomic mass is 10.1. The Morgan fingerprint density at radius 1 is 1.06 bits per heavy atom. The van der Waals surface area contributed by atoms with E-state index >= 15 is 0 Å². The molecule has 3 rings (SSSR count). The van der Waals surface area contributed by atoms with Gasteiger partial charge in [0.1, 0.15) is 23.6 Å². The second-order valence-electron chi connectivity index (χ2n) is 7.58. The average Bonchev–Trinajstić information content (AvgIpc) is 2.76. The molecule has 1 amide bonds. The number of carbonyl (C=O) groups excluding carboxylic acids is 1. The fourth-order valence-corrected chi connectivity index (χ4v) is 3.02. The van der Waals surface area contributed by atoms with Gasteiger partial charge in [0.05, 0.1) is 11.4 Å². The number of halogens is 3. The fourth-order valence-electron chi connectivity index (χ4n) is 3.02. The summed E-state index contributed by atoms with van der Waals surface area (Å²) in [5.41, 5.74) is 0.829. The molecule has 1 atom stereocenters. The van der Waals surface area contributed by atoms with E-state index in [4.69, 9.17) is 0 Å². The Balaban J connectivity index is 1.58. The second kappa shape index (κ2) is 10.7. The molecule has 0 bridgehead atoms. The Morgan fingerprint density at radius 2 is 1.88 bits per heavy atom. The summed E-state index contributed by atoms with van der Waals surface area (Å²) < 4.78 is 42.0. The standard InChI is InChI=1S/C23H24F3N5O/c1-14(2)29-23(32)15-5-6-18(25)17(12-15)20-7-8-22(31-30-20)28-11-9-16(24)13-21-19(26)4-3-10-27-21/h3-8,10,12,14,16H,9,11,13H2,1-2H3,(H,28,31)(H,29,32)/t16-/m0/s1. The van der Waals surface area contributed by atoms with Crippen LogP contribution in [0.25, 0.3) is 11.3 Å². The third-order valence-electron chi connectivity index (χ3n) is 4.60. The van der Waals surface area contributed by atoms with Crippen LogP contribution < -0.4 is 10.6 Å². The number of aromatic nitrogens is 3. The lowest BCUT2D eigenvalue weighted by molar-refractivity contribution is 0.0943. The molecule has 9 heteroatoms. The minimum Gasteiger partial charge on any atom is -0.368 e. The van der Waals surface area contributed by atoms with Gasteiger partial charge >= 0.3 is 0 Å². The molecule has 0 aliphatic rings. The zero-order valence-corrected chi connectivity index (χ0v) is 17.8. The van der Waals surface area contributed by atoms with Crippen molar-refractivity contribution in [3.63, 3.8) is 0 Å². The molecule has 0 saturated heterocycles. The zero-order chi connectivity index (χ0) is 23.1. The highest BCUT2D eigenvalue weighted by Gasteiger charge is 2.14. The van der Waals surface area contributed by atoms with Crippen molar-refractivity contribution in [3.8, 4) is 11.3 Å². The maximum Gasteiger partial charge on any atom is 0.251 e. The van der Waals surface area contributed by atoms with Crippen LogP contribution >= 0.6 is 0 Å². The number of pyridine rings is 1. The summed E-state index contributed by atoms with van der Waals surface area (Å²) in [7, 11) is 0. The van der Waals surface area contributed by atoms with E-state index in [-0.39, 0.29) is 48.3 Å².